The summed E-state index contributed by atoms with van der Waals surface area (Å²) in [6, 6.07) is 18.8. The lowest BCUT2D eigenvalue weighted by Crippen LogP contribution is -2.43. The van der Waals surface area contributed by atoms with Gasteiger partial charge in [-0.15, -0.1) is 0 Å². The van der Waals surface area contributed by atoms with Gasteiger partial charge in [0.2, 0.25) is 11.8 Å². The Hall–Kier alpha value is -3.05. The van der Waals surface area contributed by atoms with Crippen LogP contribution >= 0.6 is 11.6 Å². The number of amides is 2. The second-order valence-corrected chi connectivity index (χ2v) is 7.70. The van der Waals surface area contributed by atoms with Gasteiger partial charge < -0.3 is 14.8 Å². The molecule has 1 aromatic heterocycles. The van der Waals surface area contributed by atoms with Crippen molar-refractivity contribution in [3.05, 3.63) is 88.7 Å². The van der Waals surface area contributed by atoms with E-state index < -0.39 is 0 Å². The fraction of sp³-hybridized carbons (Fsp3) is 0.217. The zero-order chi connectivity index (χ0) is 20.4. The molecule has 1 atom stereocenters. The molecule has 0 fully saturated rings. The zero-order valence-corrected chi connectivity index (χ0v) is 16.9. The third-order valence-electron chi connectivity index (χ3n) is 5.17. The van der Waals surface area contributed by atoms with E-state index in [0.717, 1.165) is 16.8 Å². The zero-order valence-electron chi connectivity index (χ0n) is 16.1. The molecule has 0 aliphatic carbocycles. The number of anilines is 1. The number of hydrogen-bond acceptors (Lipinski definition) is 2. The number of rotatable bonds is 4. The molecule has 3 aromatic rings. The topological polar surface area (TPSA) is 54.3 Å². The summed E-state index contributed by atoms with van der Waals surface area (Å²) in [6.07, 6.45) is 1.81. The molecule has 0 spiro atoms. The van der Waals surface area contributed by atoms with Crippen molar-refractivity contribution in [3.63, 3.8) is 0 Å². The van der Waals surface area contributed by atoms with E-state index in [4.69, 9.17) is 11.6 Å². The van der Waals surface area contributed by atoms with Gasteiger partial charge in [-0.1, -0.05) is 41.4 Å². The highest BCUT2D eigenvalue weighted by atomic mass is 35.5. The van der Waals surface area contributed by atoms with Crippen LogP contribution in [0.1, 0.15) is 29.3 Å². The second kappa shape index (κ2) is 8.13. The highest BCUT2D eigenvalue weighted by Gasteiger charge is 2.32. The molecule has 6 heteroatoms. The number of carbonyl (C=O) groups is 2. The molecule has 2 heterocycles. The van der Waals surface area contributed by atoms with Gasteiger partial charge in [0.15, 0.2) is 0 Å². The van der Waals surface area contributed by atoms with Crippen molar-refractivity contribution in [2.75, 3.05) is 11.9 Å². The Bertz CT molecular complexity index is 1040. The van der Waals surface area contributed by atoms with E-state index in [1.54, 1.807) is 4.90 Å². The molecule has 4 rings (SSSR count). The number of aryl methyl sites for hydroxylation is 1. The molecule has 1 aliphatic rings. The summed E-state index contributed by atoms with van der Waals surface area (Å²) < 4.78 is 2.14. The van der Waals surface area contributed by atoms with Gasteiger partial charge in [-0.2, -0.15) is 0 Å². The molecule has 2 amide bonds. The SMILES string of the molecule is Cc1ccc(NC(=O)CC(=O)N2CCn3cccc3[C@H]2c2cccc(Cl)c2)cc1. The summed E-state index contributed by atoms with van der Waals surface area (Å²) in [4.78, 5) is 27.3. The number of aromatic nitrogens is 1. The van der Waals surface area contributed by atoms with Crippen molar-refractivity contribution in [1.82, 2.24) is 9.47 Å². The van der Waals surface area contributed by atoms with Gasteiger partial charge in [-0.25, -0.2) is 0 Å². The van der Waals surface area contributed by atoms with Gasteiger partial charge in [0, 0.05) is 35.7 Å². The van der Waals surface area contributed by atoms with Crippen molar-refractivity contribution in [2.45, 2.75) is 25.9 Å². The van der Waals surface area contributed by atoms with Crippen LogP contribution in [0.4, 0.5) is 5.69 Å². The lowest BCUT2D eigenvalue weighted by Gasteiger charge is -2.37. The van der Waals surface area contributed by atoms with Crippen LogP contribution in [0.25, 0.3) is 0 Å². The van der Waals surface area contributed by atoms with E-state index in [1.165, 1.54) is 0 Å². The summed E-state index contributed by atoms with van der Waals surface area (Å²) in [5.74, 6) is -0.517. The van der Waals surface area contributed by atoms with Crippen LogP contribution in [0, 0.1) is 6.92 Å². The molecular weight excluding hydrogens is 386 g/mol. The molecule has 29 heavy (non-hydrogen) atoms. The van der Waals surface area contributed by atoms with E-state index in [9.17, 15) is 9.59 Å². The molecule has 0 bridgehead atoms. The summed E-state index contributed by atoms with van der Waals surface area (Å²) in [6.45, 7) is 3.22. The predicted molar refractivity (Wildman–Crippen MR) is 114 cm³/mol. The highest BCUT2D eigenvalue weighted by Crippen LogP contribution is 2.33. The number of hydrogen-bond donors (Lipinski definition) is 1. The van der Waals surface area contributed by atoms with Crippen molar-refractivity contribution in [1.29, 1.82) is 0 Å². The van der Waals surface area contributed by atoms with Crippen molar-refractivity contribution in [3.8, 4) is 0 Å². The van der Waals surface area contributed by atoms with Crippen LogP contribution in [0.5, 0.6) is 0 Å². The molecule has 1 aliphatic heterocycles. The van der Waals surface area contributed by atoms with E-state index >= 15 is 0 Å². The fourth-order valence-electron chi connectivity index (χ4n) is 3.76. The second-order valence-electron chi connectivity index (χ2n) is 7.26. The number of benzene rings is 2. The third kappa shape index (κ3) is 4.20. The maximum absolute atomic E-state index is 13.1. The summed E-state index contributed by atoms with van der Waals surface area (Å²) >= 11 is 6.20. The third-order valence-corrected chi connectivity index (χ3v) is 5.41. The Balaban J connectivity index is 1.54. The lowest BCUT2D eigenvalue weighted by molar-refractivity contribution is -0.136. The van der Waals surface area contributed by atoms with Gasteiger partial charge in [-0.05, 0) is 48.9 Å². The van der Waals surface area contributed by atoms with E-state index in [2.05, 4.69) is 9.88 Å². The standard InChI is InChI=1S/C23H22ClN3O2/c1-16-7-9-19(10-8-16)25-21(28)15-22(29)27-13-12-26-11-3-6-20(26)23(27)17-4-2-5-18(24)14-17/h2-11,14,23H,12-13,15H2,1H3,(H,25,28)/t23-/m1/s1. The van der Waals surface area contributed by atoms with Crippen LogP contribution in [-0.2, 0) is 16.1 Å². The molecule has 0 unspecified atom stereocenters. The van der Waals surface area contributed by atoms with Gasteiger partial charge in [0.05, 0.1) is 6.04 Å². The fourth-order valence-corrected chi connectivity index (χ4v) is 3.96. The minimum absolute atomic E-state index is 0.202. The first-order chi connectivity index (χ1) is 14.0. The molecule has 5 nitrogen and oxygen atoms in total. The first-order valence-electron chi connectivity index (χ1n) is 9.58. The number of carbonyl (C=O) groups excluding carboxylic acids is 2. The Kier molecular flexibility index (Phi) is 5.41. The Morgan fingerprint density at radius 3 is 2.62 bits per heavy atom. The van der Waals surface area contributed by atoms with Crippen LogP contribution in [-0.4, -0.2) is 27.8 Å². The Labute approximate surface area is 174 Å². The average Bonchev–Trinajstić information content (AvgIpc) is 3.17. The molecule has 1 N–H and O–H groups in total. The lowest BCUT2D eigenvalue weighted by atomic mass is 9.99. The monoisotopic (exact) mass is 407 g/mol. The van der Waals surface area contributed by atoms with Gasteiger partial charge in [-0.3, -0.25) is 9.59 Å². The van der Waals surface area contributed by atoms with Crippen molar-refractivity contribution >= 4 is 29.1 Å². The van der Waals surface area contributed by atoms with Crippen LogP contribution in [0.3, 0.4) is 0 Å². The van der Waals surface area contributed by atoms with Crippen molar-refractivity contribution in [2.24, 2.45) is 0 Å². The number of nitrogens with one attached hydrogen (secondary N) is 1. The first-order valence-corrected chi connectivity index (χ1v) is 9.95. The molecule has 0 saturated heterocycles. The van der Waals surface area contributed by atoms with Crippen LogP contribution < -0.4 is 5.32 Å². The normalized spacial score (nSPS) is 15.7. The van der Waals surface area contributed by atoms with Gasteiger partial charge in [0.25, 0.3) is 0 Å². The number of fused-ring (bicyclic) bond motifs is 1. The Morgan fingerprint density at radius 2 is 1.86 bits per heavy atom. The molecule has 148 valence electrons. The van der Waals surface area contributed by atoms with Crippen LogP contribution in [0.2, 0.25) is 5.02 Å². The van der Waals surface area contributed by atoms with Crippen molar-refractivity contribution < 1.29 is 9.59 Å². The predicted octanol–water partition coefficient (Wildman–Crippen LogP) is 4.41. The minimum Gasteiger partial charge on any atom is -0.348 e. The van der Waals surface area contributed by atoms with E-state index in [-0.39, 0.29) is 24.3 Å². The minimum atomic E-state index is -0.315. The molecular formula is C23H22ClN3O2. The highest BCUT2D eigenvalue weighted by molar-refractivity contribution is 6.30. The molecule has 0 saturated carbocycles. The van der Waals surface area contributed by atoms with Crippen LogP contribution in [0.15, 0.2) is 66.9 Å². The number of nitrogens with zero attached hydrogens (tertiary/aromatic N) is 2. The largest absolute Gasteiger partial charge is 0.348 e. The summed E-state index contributed by atoms with van der Waals surface area (Å²) in [7, 11) is 0. The van der Waals surface area contributed by atoms with E-state index in [1.807, 2.05) is 73.8 Å². The summed E-state index contributed by atoms with van der Waals surface area (Å²) in [5, 5.41) is 3.43. The van der Waals surface area contributed by atoms with Gasteiger partial charge >= 0.3 is 0 Å². The molecule has 0 radical (unpaired) electrons. The van der Waals surface area contributed by atoms with Gasteiger partial charge in [0.1, 0.15) is 6.42 Å². The average molecular weight is 408 g/mol. The smallest absolute Gasteiger partial charge is 0.233 e. The van der Waals surface area contributed by atoms with E-state index in [0.29, 0.717) is 23.8 Å². The summed E-state index contributed by atoms with van der Waals surface area (Å²) in [5.41, 5.74) is 3.75. The quantitative estimate of drug-likeness (QED) is 0.651. The number of halogens is 1. The Morgan fingerprint density at radius 1 is 1.07 bits per heavy atom. The molecule has 2 aromatic carbocycles. The first kappa shape index (κ1) is 19.3. The maximum atomic E-state index is 13.1. The maximum Gasteiger partial charge on any atom is 0.233 e.